The lowest BCUT2D eigenvalue weighted by Gasteiger charge is -2.21. The first kappa shape index (κ1) is 16.6. The van der Waals surface area contributed by atoms with E-state index >= 15 is 0 Å². The lowest BCUT2D eigenvalue weighted by atomic mass is 10.2. The van der Waals surface area contributed by atoms with Crippen LogP contribution in [0.5, 0.6) is 0 Å². The summed E-state index contributed by atoms with van der Waals surface area (Å²) in [6, 6.07) is 7.45. The van der Waals surface area contributed by atoms with Gasteiger partial charge in [-0.3, -0.25) is 4.99 Å². The number of guanidine groups is 1. The van der Waals surface area contributed by atoms with E-state index < -0.39 is 0 Å². The summed E-state index contributed by atoms with van der Waals surface area (Å²) >= 11 is 0. The van der Waals surface area contributed by atoms with Crippen LogP contribution in [0, 0.1) is 5.82 Å². The number of nitrogens with zero attached hydrogens (tertiary/aromatic N) is 2. The van der Waals surface area contributed by atoms with Crippen molar-refractivity contribution in [2.24, 2.45) is 4.99 Å². The van der Waals surface area contributed by atoms with Crippen molar-refractivity contribution in [3.63, 3.8) is 0 Å². The molecule has 5 heteroatoms. The molecule has 0 radical (unpaired) electrons. The minimum atomic E-state index is -0.170. The molecule has 4 nitrogen and oxygen atoms in total. The lowest BCUT2D eigenvalue weighted by Crippen LogP contribution is -2.43. The van der Waals surface area contributed by atoms with Crippen LogP contribution in [0.4, 0.5) is 10.1 Å². The average Bonchev–Trinajstić information content (AvgIpc) is 3.03. The van der Waals surface area contributed by atoms with Gasteiger partial charge >= 0.3 is 0 Å². The third-order valence-electron chi connectivity index (χ3n) is 4.15. The van der Waals surface area contributed by atoms with Crippen molar-refractivity contribution in [3.8, 4) is 0 Å². The number of para-hydroxylation sites is 1. The van der Waals surface area contributed by atoms with Crippen LogP contribution in [0.1, 0.15) is 32.1 Å². The monoisotopic (exact) mass is 306 g/mol. The van der Waals surface area contributed by atoms with E-state index in [-0.39, 0.29) is 5.82 Å². The first-order valence-corrected chi connectivity index (χ1v) is 8.13. The quantitative estimate of drug-likeness (QED) is 0.482. The smallest absolute Gasteiger partial charge is 0.191 e. The van der Waals surface area contributed by atoms with Crippen LogP contribution in [0.25, 0.3) is 0 Å². The van der Waals surface area contributed by atoms with Crippen LogP contribution in [0.3, 0.4) is 0 Å². The van der Waals surface area contributed by atoms with Crippen molar-refractivity contribution in [1.82, 2.24) is 10.6 Å². The molecule has 0 bridgehead atoms. The van der Waals surface area contributed by atoms with Crippen LogP contribution >= 0.6 is 0 Å². The van der Waals surface area contributed by atoms with Gasteiger partial charge in [-0.15, -0.1) is 0 Å². The van der Waals surface area contributed by atoms with Gasteiger partial charge in [0.25, 0.3) is 0 Å². The Morgan fingerprint density at radius 3 is 2.73 bits per heavy atom. The van der Waals surface area contributed by atoms with E-state index in [1.807, 2.05) is 24.1 Å². The zero-order chi connectivity index (χ0) is 15.8. The molecule has 22 heavy (non-hydrogen) atoms. The molecule has 122 valence electrons. The zero-order valence-electron chi connectivity index (χ0n) is 13.6. The second-order valence-electron chi connectivity index (χ2n) is 5.85. The summed E-state index contributed by atoms with van der Waals surface area (Å²) in [5, 5.41) is 6.80. The zero-order valence-corrected chi connectivity index (χ0v) is 13.6. The highest BCUT2D eigenvalue weighted by Crippen LogP contribution is 2.18. The SMILES string of the molecule is CN=C(NCCCN(C)c1ccccc1F)NC1CCCC1. The van der Waals surface area contributed by atoms with E-state index in [4.69, 9.17) is 0 Å². The molecule has 0 saturated heterocycles. The second kappa shape index (κ2) is 8.61. The lowest BCUT2D eigenvalue weighted by molar-refractivity contribution is 0.606. The maximum absolute atomic E-state index is 13.7. The van der Waals surface area contributed by atoms with E-state index in [0.717, 1.165) is 25.5 Å². The van der Waals surface area contributed by atoms with Crippen LogP contribution < -0.4 is 15.5 Å². The van der Waals surface area contributed by atoms with Crippen molar-refractivity contribution in [2.45, 2.75) is 38.1 Å². The fraction of sp³-hybridized carbons (Fsp3) is 0.588. The van der Waals surface area contributed by atoms with E-state index in [1.165, 1.54) is 31.7 Å². The summed E-state index contributed by atoms with van der Waals surface area (Å²) in [6.07, 6.45) is 6.01. The van der Waals surface area contributed by atoms with Gasteiger partial charge in [0.15, 0.2) is 5.96 Å². The fourth-order valence-electron chi connectivity index (χ4n) is 2.86. The van der Waals surface area contributed by atoms with Crippen LogP contribution in [0.15, 0.2) is 29.3 Å². The standard InChI is InChI=1S/C17H27FN4/c1-19-17(21-14-8-3-4-9-14)20-12-7-13-22(2)16-11-6-5-10-15(16)18/h5-6,10-11,14H,3-4,7-9,12-13H2,1-2H3,(H2,19,20,21). The van der Waals surface area contributed by atoms with Gasteiger partial charge in [0.2, 0.25) is 0 Å². The highest BCUT2D eigenvalue weighted by atomic mass is 19.1. The fourth-order valence-corrected chi connectivity index (χ4v) is 2.86. The maximum atomic E-state index is 13.7. The van der Waals surface area contributed by atoms with Gasteiger partial charge in [0.1, 0.15) is 5.82 Å². The van der Waals surface area contributed by atoms with Crippen molar-refractivity contribution < 1.29 is 4.39 Å². The number of anilines is 1. The largest absolute Gasteiger partial charge is 0.372 e. The summed E-state index contributed by atoms with van der Waals surface area (Å²) in [6.45, 7) is 1.62. The van der Waals surface area contributed by atoms with Crippen molar-refractivity contribution >= 4 is 11.6 Å². The average molecular weight is 306 g/mol. The molecular weight excluding hydrogens is 279 g/mol. The molecule has 0 atom stereocenters. The number of hydrogen-bond acceptors (Lipinski definition) is 2. The van der Waals surface area contributed by atoms with E-state index in [2.05, 4.69) is 15.6 Å². The van der Waals surface area contributed by atoms with E-state index in [9.17, 15) is 4.39 Å². The van der Waals surface area contributed by atoms with Gasteiger partial charge in [-0.1, -0.05) is 25.0 Å². The molecular formula is C17H27FN4. The molecule has 1 aliphatic carbocycles. The van der Waals surface area contributed by atoms with Crippen LogP contribution in [-0.4, -0.2) is 39.2 Å². The third-order valence-corrected chi connectivity index (χ3v) is 4.15. The summed E-state index contributed by atoms with van der Waals surface area (Å²) < 4.78 is 13.7. The Hall–Kier alpha value is -1.78. The number of benzene rings is 1. The molecule has 0 aromatic heterocycles. The van der Waals surface area contributed by atoms with Crippen LogP contribution in [-0.2, 0) is 0 Å². The Bertz CT molecular complexity index is 483. The first-order chi connectivity index (χ1) is 10.7. The molecule has 0 heterocycles. The maximum Gasteiger partial charge on any atom is 0.191 e. The molecule has 0 amide bonds. The Labute approximate surface area is 132 Å². The molecule has 1 fully saturated rings. The number of hydrogen-bond donors (Lipinski definition) is 2. The van der Waals surface area contributed by atoms with Gasteiger partial charge in [-0.25, -0.2) is 4.39 Å². The Balaban J connectivity index is 1.68. The molecule has 1 aliphatic rings. The molecule has 0 aliphatic heterocycles. The summed E-state index contributed by atoms with van der Waals surface area (Å²) in [5.41, 5.74) is 0.649. The van der Waals surface area contributed by atoms with Gasteiger partial charge in [-0.2, -0.15) is 0 Å². The summed E-state index contributed by atoms with van der Waals surface area (Å²) in [5.74, 6) is 0.706. The van der Waals surface area contributed by atoms with E-state index in [0.29, 0.717) is 11.7 Å². The predicted molar refractivity (Wildman–Crippen MR) is 91.0 cm³/mol. The molecule has 2 rings (SSSR count). The molecule has 2 N–H and O–H groups in total. The van der Waals surface area contributed by atoms with Crippen molar-refractivity contribution in [1.29, 1.82) is 0 Å². The van der Waals surface area contributed by atoms with Crippen molar-refractivity contribution in [3.05, 3.63) is 30.1 Å². The highest BCUT2D eigenvalue weighted by molar-refractivity contribution is 5.79. The van der Waals surface area contributed by atoms with Gasteiger partial charge in [-0.05, 0) is 31.4 Å². The van der Waals surface area contributed by atoms with Crippen molar-refractivity contribution in [2.75, 3.05) is 32.1 Å². The predicted octanol–water partition coefficient (Wildman–Crippen LogP) is 2.76. The summed E-state index contributed by atoms with van der Waals surface area (Å²) in [7, 11) is 3.72. The molecule has 1 aromatic carbocycles. The van der Waals surface area contributed by atoms with Gasteiger partial charge in [0.05, 0.1) is 5.69 Å². The Morgan fingerprint density at radius 1 is 1.32 bits per heavy atom. The molecule has 0 spiro atoms. The Morgan fingerprint density at radius 2 is 2.05 bits per heavy atom. The topological polar surface area (TPSA) is 39.7 Å². The molecule has 1 saturated carbocycles. The van der Waals surface area contributed by atoms with E-state index in [1.54, 1.807) is 13.1 Å². The number of nitrogens with one attached hydrogen (secondary N) is 2. The first-order valence-electron chi connectivity index (χ1n) is 8.13. The highest BCUT2D eigenvalue weighted by Gasteiger charge is 2.15. The minimum Gasteiger partial charge on any atom is -0.372 e. The van der Waals surface area contributed by atoms with Gasteiger partial charge in [0, 0.05) is 33.2 Å². The third kappa shape index (κ3) is 4.90. The minimum absolute atomic E-state index is 0.170. The number of aliphatic imine (C=N–C) groups is 1. The molecule has 0 unspecified atom stereocenters. The second-order valence-corrected chi connectivity index (χ2v) is 5.85. The normalized spacial score (nSPS) is 15.9. The number of rotatable bonds is 6. The molecule has 1 aromatic rings. The summed E-state index contributed by atoms with van der Waals surface area (Å²) in [4.78, 5) is 6.21. The Kier molecular flexibility index (Phi) is 6.49. The van der Waals surface area contributed by atoms with Crippen LogP contribution in [0.2, 0.25) is 0 Å². The van der Waals surface area contributed by atoms with Gasteiger partial charge < -0.3 is 15.5 Å². The number of halogens is 1.